The summed E-state index contributed by atoms with van der Waals surface area (Å²) in [6, 6.07) is 0. The second-order valence-corrected chi connectivity index (χ2v) is 7.68. The number of aliphatic imine (C=N–C) groups is 1. The summed E-state index contributed by atoms with van der Waals surface area (Å²) in [7, 11) is -1.32. The molecule has 2 fully saturated rings. The van der Waals surface area contributed by atoms with Crippen LogP contribution in [0, 0.1) is 11.8 Å². The van der Waals surface area contributed by atoms with Crippen molar-refractivity contribution in [3.05, 3.63) is 0 Å². The maximum absolute atomic E-state index is 11.0. The fourth-order valence-corrected chi connectivity index (χ4v) is 3.79. The number of hydrogen-bond donors (Lipinski definition) is 2. The van der Waals surface area contributed by atoms with Crippen molar-refractivity contribution in [2.24, 2.45) is 16.8 Å². The molecule has 1 aliphatic heterocycles. The Labute approximate surface area is 145 Å². The van der Waals surface area contributed by atoms with Gasteiger partial charge in [-0.1, -0.05) is 12.8 Å². The Morgan fingerprint density at radius 1 is 1.19 bits per heavy atom. The number of likely N-dealkylation sites (tertiary alicyclic amines) is 1. The van der Waals surface area contributed by atoms with E-state index in [1.54, 1.807) is 7.05 Å². The number of rotatable bonds is 4. The van der Waals surface area contributed by atoms with Gasteiger partial charge in [0.25, 0.3) is 0 Å². The summed E-state index contributed by atoms with van der Waals surface area (Å²) in [4.78, 5) is 6.64. The minimum atomic E-state index is -3.11. The largest absolute Gasteiger partial charge is 0.355 e. The zero-order valence-corrected chi connectivity index (χ0v) is 16.0. The third-order valence-corrected chi connectivity index (χ3v) is 4.99. The number of fused-ring (bicyclic) bond motifs is 1. The molecule has 1 saturated carbocycles. The molecular weight excluding hydrogens is 403 g/mol. The summed E-state index contributed by atoms with van der Waals surface area (Å²) >= 11 is 0. The molecule has 0 aromatic heterocycles. The first-order valence-electron chi connectivity index (χ1n) is 7.40. The zero-order chi connectivity index (χ0) is 14.6. The quantitative estimate of drug-likeness (QED) is 0.300. The Hall–Kier alpha value is -0.0900. The first-order valence-corrected chi connectivity index (χ1v) is 9.29. The summed E-state index contributed by atoms with van der Waals surface area (Å²) in [5.41, 5.74) is 0. The Morgan fingerprint density at radius 2 is 1.76 bits per heavy atom. The molecule has 0 aromatic carbocycles. The van der Waals surface area contributed by atoms with E-state index < -0.39 is 10.0 Å². The molecule has 0 aromatic rings. The van der Waals surface area contributed by atoms with Gasteiger partial charge in [-0.25, -0.2) is 13.1 Å². The topological polar surface area (TPSA) is 73.8 Å². The highest BCUT2D eigenvalue weighted by Gasteiger charge is 2.35. The minimum Gasteiger partial charge on any atom is -0.355 e. The molecule has 21 heavy (non-hydrogen) atoms. The second-order valence-electron chi connectivity index (χ2n) is 5.85. The van der Waals surface area contributed by atoms with Gasteiger partial charge in [0.15, 0.2) is 5.96 Å². The first kappa shape index (κ1) is 19.0. The Balaban J connectivity index is 0.00000220. The standard InChI is InChI=1S/C13H26N4O2S.HI/c1-14-13(15-7-8-16-20(2,18)19)17-9-11-5-3-4-6-12(11)10-17;/h11-12,16H,3-10H2,1-2H3,(H,14,15);1H. The summed E-state index contributed by atoms with van der Waals surface area (Å²) in [6.07, 6.45) is 6.58. The second kappa shape index (κ2) is 8.52. The van der Waals surface area contributed by atoms with E-state index in [-0.39, 0.29) is 24.0 Å². The number of nitrogens with zero attached hydrogens (tertiary/aromatic N) is 2. The molecule has 2 aliphatic rings. The van der Waals surface area contributed by atoms with E-state index in [1.165, 1.54) is 31.9 Å². The van der Waals surface area contributed by atoms with Gasteiger partial charge >= 0.3 is 0 Å². The number of guanidine groups is 1. The molecule has 124 valence electrons. The number of hydrogen-bond acceptors (Lipinski definition) is 3. The highest BCUT2D eigenvalue weighted by atomic mass is 127. The van der Waals surface area contributed by atoms with Crippen molar-refractivity contribution in [3.63, 3.8) is 0 Å². The molecule has 2 unspecified atom stereocenters. The smallest absolute Gasteiger partial charge is 0.208 e. The monoisotopic (exact) mass is 430 g/mol. The molecule has 0 spiro atoms. The highest BCUT2D eigenvalue weighted by Crippen LogP contribution is 2.35. The maximum atomic E-state index is 11.0. The van der Waals surface area contributed by atoms with Crippen molar-refractivity contribution in [2.45, 2.75) is 25.7 Å². The number of sulfonamides is 1. The van der Waals surface area contributed by atoms with Gasteiger partial charge in [-0.3, -0.25) is 4.99 Å². The van der Waals surface area contributed by atoms with Crippen LogP contribution in [-0.4, -0.2) is 58.8 Å². The molecule has 1 aliphatic carbocycles. The van der Waals surface area contributed by atoms with E-state index in [1.807, 2.05) is 0 Å². The molecule has 0 radical (unpaired) electrons. The van der Waals surface area contributed by atoms with Crippen LogP contribution < -0.4 is 10.0 Å². The van der Waals surface area contributed by atoms with Crippen LogP contribution in [0.25, 0.3) is 0 Å². The van der Waals surface area contributed by atoms with Crippen molar-refractivity contribution in [1.82, 2.24) is 14.9 Å². The van der Waals surface area contributed by atoms with Crippen LogP contribution in [0.15, 0.2) is 4.99 Å². The zero-order valence-electron chi connectivity index (χ0n) is 12.8. The van der Waals surface area contributed by atoms with Crippen molar-refractivity contribution in [3.8, 4) is 0 Å². The molecular formula is C13H27IN4O2S. The number of halogens is 1. The van der Waals surface area contributed by atoms with Crippen molar-refractivity contribution in [1.29, 1.82) is 0 Å². The third kappa shape index (κ3) is 5.90. The average molecular weight is 430 g/mol. The summed E-state index contributed by atoms with van der Waals surface area (Å²) in [6.45, 7) is 3.12. The Bertz CT molecular complexity index is 441. The van der Waals surface area contributed by atoms with Crippen molar-refractivity contribution in [2.75, 3.05) is 39.5 Å². The molecule has 8 heteroatoms. The maximum Gasteiger partial charge on any atom is 0.208 e. The lowest BCUT2D eigenvalue weighted by Crippen LogP contribution is -2.43. The van der Waals surface area contributed by atoms with Gasteiger partial charge in [-0.2, -0.15) is 0 Å². The van der Waals surface area contributed by atoms with Crippen LogP contribution in [0.1, 0.15) is 25.7 Å². The summed E-state index contributed by atoms with van der Waals surface area (Å²) in [5, 5.41) is 3.24. The van der Waals surface area contributed by atoms with Crippen molar-refractivity contribution >= 4 is 40.0 Å². The van der Waals surface area contributed by atoms with Crippen LogP contribution in [-0.2, 0) is 10.0 Å². The predicted molar refractivity (Wildman–Crippen MR) is 96.6 cm³/mol. The van der Waals surface area contributed by atoms with Gasteiger partial charge in [0.05, 0.1) is 6.26 Å². The normalized spacial score (nSPS) is 26.2. The van der Waals surface area contributed by atoms with Gasteiger partial charge in [0.2, 0.25) is 10.0 Å². The van der Waals surface area contributed by atoms with Crippen LogP contribution in [0.5, 0.6) is 0 Å². The number of nitrogens with one attached hydrogen (secondary N) is 2. The van der Waals surface area contributed by atoms with Crippen molar-refractivity contribution < 1.29 is 8.42 Å². The lowest BCUT2D eigenvalue weighted by atomic mass is 9.82. The van der Waals surface area contributed by atoms with Crippen LogP contribution >= 0.6 is 24.0 Å². The Kier molecular flexibility index (Phi) is 7.69. The molecule has 0 bridgehead atoms. The Morgan fingerprint density at radius 3 is 2.24 bits per heavy atom. The molecule has 2 rings (SSSR count). The first-order chi connectivity index (χ1) is 9.49. The molecule has 2 N–H and O–H groups in total. The van der Waals surface area contributed by atoms with E-state index in [2.05, 4.69) is 19.9 Å². The predicted octanol–water partition coefficient (Wildman–Crippen LogP) is 0.851. The van der Waals surface area contributed by atoms with E-state index in [0.717, 1.165) is 30.9 Å². The van der Waals surface area contributed by atoms with Crippen LogP contribution in [0.2, 0.25) is 0 Å². The fraction of sp³-hybridized carbons (Fsp3) is 0.923. The summed E-state index contributed by atoms with van der Waals surface area (Å²) < 4.78 is 24.5. The average Bonchev–Trinajstić information content (AvgIpc) is 2.81. The van der Waals surface area contributed by atoms with E-state index in [0.29, 0.717) is 13.1 Å². The van der Waals surface area contributed by atoms with Gasteiger partial charge in [-0.05, 0) is 24.7 Å². The van der Waals surface area contributed by atoms with Crippen LogP contribution in [0.3, 0.4) is 0 Å². The van der Waals surface area contributed by atoms with Gasteiger partial charge in [-0.15, -0.1) is 24.0 Å². The minimum absolute atomic E-state index is 0. The highest BCUT2D eigenvalue weighted by molar-refractivity contribution is 14.0. The lowest BCUT2D eigenvalue weighted by molar-refractivity contribution is 0.299. The molecule has 6 nitrogen and oxygen atoms in total. The molecule has 1 saturated heterocycles. The van der Waals surface area contributed by atoms with E-state index in [4.69, 9.17) is 0 Å². The lowest BCUT2D eigenvalue weighted by Gasteiger charge is -2.22. The molecule has 0 amide bonds. The van der Waals surface area contributed by atoms with Gasteiger partial charge in [0, 0.05) is 33.2 Å². The van der Waals surface area contributed by atoms with E-state index in [9.17, 15) is 8.42 Å². The van der Waals surface area contributed by atoms with Gasteiger partial charge in [0.1, 0.15) is 0 Å². The summed E-state index contributed by atoms with van der Waals surface area (Å²) in [5.74, 6) is 2.53. The molecule has 1 heterocycles. The third-order valence-electron chi connectivity index (χ3n) is 4.26. The fourth-order valence-electron chi connectivity index (χ4n) is 3.32. The van der Waals surface area contributed by atoms with E-state index >= 15 is 0 Å². The SMILES string of the molecule is CN=C(NCCNS(C)(=O)=O)N1CC2CCCCC2C1.I. The van der Waals surface area contributed by atoms with Crippen LogP contribution in [0.4, 0.5) is 0 Å². The van der Waals surface area contributed by atoms with Gasteiger partial charge < -0.3 is 10.2 Å². The molecule has 2 atom stereocenters.